The van der Waals surface area contributed by atoms with E-state index in [0.717, 1.165) is 72.3 Å². The Morgan fingerprint density at radius 2 is 1.93 bits per heavy atom. The quantitative estimate of drug-likeness (QED) is 0.299. The Bertz CT molecular complexity index is 1820. The van der Waals surface area contributed by atoms with Gasteiger partial charge in [-0.1, -0.05) is 11.8 Å². The molecule has 12 heteroatoms. The molecule has 10 nitrogen and oxygen atoms in total. The van der Waals surface area contributed by atoms with Crippen molar-refractivity contribution < 1.29 is 9.13 Å². The largest absolute Gasteiger partial charge is 0.481 e. The molecule has 1 aromatic carbocycles. The number of fused-ring (bicyclic) bond motifs is 4. The zero-order valence-corrected chi connectivity index (χ0v) is 26.0. The predicted molar refractivity (Wildman–Crippen MR) is 175 cm³/mol. The summed E-state index contributed by atoms with van der Waals surface area (Å²) in [7, 11) is 1.61. The number of rotatable bonds is 8. The molecule has 3 aliphatic heterocycles. The van der Waals surface area contributed by atoms with Crippen LogP contribution in [0.3, 0.4) is 0 Å². The van der Waals surface area contributed by atoms with Crippen LogP contribution in [0.15, 0.2) is 58.6 Å². The van der Waals surface area contributed by atoms with Crippen LogP contribution in [0.5, 0.6) is 5.88 Å². The Hall–Kier alpha value is -3.87. The van der Waals surface area contributed by atoms with Gasteiger partial charge in [0, 0.05) is 74.6 Å². The van der Waals surface area contributed by atoms with Crippen LogP contribution in [0.25, 0.3) is 10.9 Å². The van der Waals surface area contributed by atoms with Gasteiger partial charge < -0.3 is 30.6 Å². The Kier molecular flexibility index (Phi) is 7.10. The molecule has 45 heavy (non-hydrogen) atoms. The summed E-state index contributed by atoms with van der Waals surface area (Å²) >= 11 is 1.69. The first-order valence-electron chi connectivity index (χ1n) is 15.6. The highest BCUT2D eigenvalue weighted by atomic mass is 32.2. The average molecular weight is 629 g/mol. The SMILES string of the molecule is COc1cc(CN(Cc2c3n(c4cc(N5C[C@@H]6C(N)[C@@H]6C5)c(F)cc4c2=O)CS3)[C@H]2CCCN(c3ccc(N)nc3)C2)ccn1. The van der Waals surface area contributed by atoms with Crippen molar-refractivity contribution in [2.24, 2.45) is 17.6 Å². The summed E-state index contributed by atoms with van der Waals surface area (Å²) < 4.78 is 23.2. The molecule has 0 radical (unpaired) electrons. The molecule has 3 fully saturated rings. The summed E-state index contributed by atoms with van der Waals surface area (Å²) in [5, 5.41) is 1.42. The number of anilines is 3. The lowest BCUT2D eigenvalue weighted by atomic mass is 10.0. The van der Waals surface area contributed by atoms with Crippen LogP contribution in [-0.2, 0) is 19.0 Å². The number of hydrogen-bond donors (Lipinski definition) is 2. The van der Waals surface area contributed by atoms with Crippen LogP contribution in [0.4, 0.5) is 21.6 Å². The number of thioether (sulfide) groups is 1. The minimum atomic E-state index is -0.339. The first-order chi connectivity index (χ1) is 21.9. The lowest BCUT2D eigenvalue weighted by Gasteiger charge is -2.41. The number of hydrogen-bond acceptors (Lipinski definition) is 10. The third kappa shape index (κ3) is 5.08. The topological polar surface area (TPSA) is 119 Å². The van der Waals surface area contributed by atoms with E-state index in [4.69, 9.17) is 16.2 Å². The fraction of sp³-hybridized carbons (Fsp3) is 0.424. The van der Waals surface area contributed by atoms with Gasteiger partial charge in [-0.05, 0) is 60.6 Å². The predicted octanol–water partition coefficient (Wildman–Crippen LogP) is 3.65. The van der Waals surface area contributed by atoms with Gasteiger partial charge >= 0.3 is 0 Å². The number of methoxy groups -OCH3 is 1. The Morgan fingerprint density at radius 1 is 1.09 bits per heavy atom. The van der Waals surface area contributed by atoms with Crippen molar-refractivity contribution in [3.63, 3.8) is 0 Å². The van der Waals surface area contributed by atoms with Crippen LogP contribution in [0, 0.1) is 17.7 Å². The summed E-state index contributed by atoms with van der Waals surface area (Å²) in [6.07, 6.45) is 5.58. The lowest BCUT2D eigenvalue weighted by molar-refractivity contribution is 0.156. The number of nitrogen functional groups attached to an aromatic ring is 1. The fourth-order valence-electron chi connectivity index (χ4n) is 7.47. The molecular weight excluding hydrogens is 591 g/mol. The Balaban J connectivity index is 1.14. The highest BCUT2D eigenvalue weighted by Gasteiger charge is 2.54. The highest BCUT2D eigenvalue weighted by Crippen LogP contribution is 2.46. The minimum Gasteiger partial charge on any atom is -0.481 e. The summed E-state index contributed by atoms with van der Waals surface area (Å²) in [5.74, 6) is 2.35. The van der Waals surface area contributed by atoms with Crippen LogP contribution < -0.4 is 31.4 Å². The van der Waals surface area contributed by atoms with E-state index in [0.29, 0.717) is 47.7 Å². The molecule has 2 saturated heterocycles. The van der Waals surface area contributed by atoms with Gasteiger partial charge in [-0.15, -0.1) is 0 Å². The number of nitrogens with zero attached hydrogens (tertiary/aromatic N) is 6. The first kappa shape index (κ1) is 28.6. The van der Waals surface area contributed by atoms with E-state index < -0.39 is 0 Å². The maximum atomic E-state index is 15.6. The van der Waals surface area contributed by atoms with Crippen LogP contribution in [-0.4, -0.2) is 64.8 Å². The number of nitrogens with two attached hydrogens (primary N) is 2. The smallest absolute Gasteiger partial charge is 0.213 e. The van der Waals surface area contributed by atoms with E-state index in [2.05, 4.69) is 29.2 Å². The van der Waals surface area contributed by atoms with Gasteiger partial charge in [-0.25, -0.2) is 14.4 Å². The van der Waals surface area contributed by atoms with E-state index in [1.807, 2.05) is 36.5 Å². The molecule has 4 atom stereocenters. The van der Waals surface area contributed by atoms with Crippen LogP contribution in [0.2, 0.25) is 0 Å². The third-order valence-corrected chi connectivity index (χ3v) is 11.2. The van der Waals surface area contributed by atoms with Crippen molar-refractivity contribution in [1.82, 2.24) is 19.4 Å². The van der Waals surface area contributed by atoms with E-state index in [1.165, 1.54) is 6.07 Å². The second kappa shape index (κ2) is 11.2. The highest BCUT2D eigenvalue weighted by molar-refractivity contribution is 7.99. The van der Waals surface area contributed by atoms with E-state index in [1.54, 1.807) is 25.1 Å². The molecule has 8 rings (SSSR count). The maximum Gasteiger partial charge on any atom is 0.213 e. The van der Waals surface area contributed by atoms with Crippen molar-refractivity contribution in [3.05, 3.63) is 76.0 Å². The molecule has 0 bridgehead atoms. The summed E-state index contributed by atoms with van der Waals surface area (Å²) in [6, 6.07) is 11.5. The number of piperidine rings is 2. The molecule has 1 unspecified atom stereocenters. The number of ether oxygens (including phenoxy) is 1. The first-order valence-corrected chi connectivity index (χ1v) is 16.6. The normalized spacial score (nSPS) is 23.6. The third-order valence-electron chi connectivity index (χ3n) is 10.1. The molecule has 1 saturated carbocycles. The number of pyridine rings is 3. The van der Waals surface area contributed by atoms with Crippen molar-refractivity contribution >= 4 is 39.9 Å². The van der Waals surface area contributed by atoms with E-state index in [9.17, 15) is 4.79 Å². The zero-order valence-electron chi connectivity index (χ0n) is 25.2. The Morgan fingerprint density at radius 3 is 2.67 bits per heavy atom. The van der Waals surface area contributed by atoms with Crippen molar-refractivity contribution in [3.8, 4) is 5.88 Å². The van der Waals surface area contributed by atoms with Gasteiger partial charge in [0.15, 0.2) is 5.43 Å². The lowest BCUT2D eigenvalue weighted by Crippen LogP contribution is -2.48. The fourth-order valence-corrected chi connectivity index (χ4v) is 8.43. The van der Waals surface area contributed by atoms with Gasteiger partial charge in [0.1, 0.15) is 11.6 Å². The summed E-state index contributed by atoms with van der Waals surface area (Å²) in [5.41, 5.74) is 16.1. The van der Waals surface area contributed by atoms with Crippen LogP contribution >= 0.6 is 11.8 Å². The molecule has 0 amide bonds. The summed E-state index contributed by atoms with van der Waals surface area (Å²) in [6.45, 7) is 4.34. The van der Waals surface area contributed by atoms with E-state index in [-0.39, 0.29) is 23.3 Å². The van der Waals surface area contributed by atoms with Gasteiger partial charge in [0.25, 0.3) is 0 Å². The van der Waals surface area contributed by atoms with Crippen molar-refractivity contribution in [1.29, 1.82) is 0 Å². The molecular formula is C33H37FN8O2S. The molecule has 6 heterocycles. The Labute approximate surface area is 265 Å². The monoisotopic (exact) mass is 628 g/mol. The van der Waals surface area contributed by atoms with Crippen molar-refractivity contribution in [2.75, 3.05) is 48.8 Å². The van der Waals surface area contributed by atoms with Crippen LogP contribution in [0.1, 0.15) is 24.0 Å². The molecule has 4 aliphatic rings. The van der Waals surface area contributed by atoms with Gasteiger partial charge in [0.2, 0.25) is 5.88 Å². The maximum absolute atomic E-state index is 15.6. The standard InChI is InChI=1S/C33H37FN8O2S/c1-44-30-9-19(6-7-37-30)13-40(21-3-2-8-39(14-21)20-4-5-29(35)38-12-20)17-25-32(43)22-10-26(34)28(11-27(22)42-18-45-33(25)42)41-15-23-24(16-41)31(23)36/h4-7,9-12,21,23-24,31H,2-3,8,13-18,36H2,1H3,(H2,35,38)/t21-,23-,24+,31?/m0/s1. The van der Waals surface area contributed by atoms with Gasteiger partial charge in [-0.3, -0.25) is 9.69 Å². The second-order valence-electron chi connectivity index (χ2n) is 12.7. The molecule has 1 aliphatic carbocycles. The van der Waals surface area contributed by atoms with E-state index >= 15 is 4.39 Å². The molecule has 3 aromatic heterocycles. The minimum absolute atomic E-state index is 0.0899. The molecule has 234 valence electrons. The molecule has 4 aromatic rings. The number of benzene rings is 1. The van der Waals surface area contributed by atoms with Gasteiger partial charge in [0.05, 0.1) is 41.1 Å². The van der Waals surface area contributed by atoms with Crippen molar-refractivity contribution in [2.45, 2.75) is 48.9 Å². The molecule has 4 N–H and O–H groups in total. The number of aromatic nitrogens is 3. The second-order valence-corrected chi connectivity index (χ2v) is 13.7. The zero-order chi connectivity index (χ0) is 30.8. The average Bonchev–Trinajstić information content (AvgIpc) is 3.40. The van der Waals surface area contributed by atoms with Gasteiger partial charge in [-0.2, -0.15) is 0 Å². The molecule has 0 spiro atoms. The number of halogens is 1. The summed E-state index contributed by atoms with van der Waals surface area (Å²) in [4.78, 5) is 29.6.